The number of furan rings is 2. The summed E-state index contributed by atoms with van der Waals surface area (Å²) in [5, 5.41) is 4.62. The maximum atomic E-state index is 6.11. The molecule has 0 aliphatic heterocycles. The van der Waals surface area contributed by atoms with E-state index in [9.17, 15) is 0 Å². The lowest BCUT2D eigenvalue weighted by atomic mass is 10.1. The monoisotopic (exact) mass is 587 g/mol. The first-order valence-electron chi connectivity index (χ1n) is 14.2. The van der Waals surface area contributed by atoms with Crippen molar-refractivity contribution in [3.05, 3.63) is 127 Å². The fourth-order valence-electron chi connectivity index (χ4n) is 6.45. The zero-order chi connectivity index (χ0) is 28.1. The minimum absolute atomic E-state index is 0.924. The fourth-order valence-corrected chi connectivity index (χ4v) is 8.87. The maximum Gasteiger partial charge on any atom is 0.135 e. The lowest BCUT2D eigenvalue weighted by molar-refractivity contribution is 0.668. The van der Waals surface area contributed by atoms with Crippen molar-refractivity contribution in [2.24, 2.45) is 0 Å². The van der Waals surface area contributed by atoms with Gasteiger partial charge in [0.1, 0.15) is 22.3 Å². The molecule has 0 atom stereocenters. The van der Waals surface area contributed by atoms with Gasteiger partial charge < -0.3 is 13.4 Å². The molecule has 202 valence electrons. The van der Waals surface area contributed by atoms with E-state index in [4.69, 9.17) is 8.83 Å². The summed E-state index contributed by atoms with van der Waals surface area (Å²) in [6.45, 7) is 0. The molecule has 0 N–H and O–H groups in total. The predicted molar refractivity (Wildman–Crippen MR) is 182 cm³/mol. The molecule has 0 aliphatic rings. The molecule has 0 fully saturated rings. The van der Waals surface area contributed by atoms with Gasteiger partial charge in [-0.05, 0) is 83.9 Å². The molecule has 0 spiro atoms. The first kappa shape index (κ1) is 23.5. The number of hydrogen-bond acceptors (Lipinski definition) is 4. The predicted octanol–water partition coefficient (Wildman–Crippen LogP) is 12.0. The maximum absolute atomic E-state index is 6.11. The van der Waals surface area contributed by atoms with Crippen molar-refractivity contribution in [2.75, 3.05) is 0 Å². The van der Waals surface area contributed by atoms with E-state index in [0.29, 0.717) is 0 Å². The third-order valence-electron chi connectivity index (χ3n) is 8.45. The number of aromatic nitrogens is 1. The topological polar surface area (TPSA) is 31.2 Å². The van der Waals surface area contributed by atoms with Crippen LogP contribution in [-0.2, 0) is 0 Å². The van der Waals surface area contributed by atoms with Crippen LogP contribution in [0.2, 0.25) is 0 Å². The summed E-state index contributed by atoms with van der Waals surface area (Å²) >= 11 is 3.74. The van der Waals surface area contributed by atoms with Gasteiger partial charge in [-0.3, -0.25) is 0 Å². The molecule has 10 aromatic rings. The number of para-hydroxylation sites is 3. The van der Waals surface area contributed by atoms with E-state index in [-0.39, 0.29) is 0 Å². The summed E-state index contributed by atoms with van der Waals surface area (Å²) in [6, 6.07) is 45.1. The lowest BCUT2D eigenvalue weighted by Gasteiger charge is -2.05. The van der Waals surface area contributed by atoms with Gasteiger partial charge in [0.15, 0.2) is 0 Å². The van der Waals surface area contributed by atoms with Crippen LogP contribution in [0.4, 0.5) is 0 Å². The number of fused-ring (bicyclic) bond motifs is 9. The molecular weight excluding hydrogens is 567 g/mol. The zero-order valence-corrected chi connectivity index (χ0v) is 24.3. The van der Waals surface area contributed by atoms with Gasteiger partial charge in [-0.1, -0.05) is 54.6 Å². The summed E-state index contributed by atoms with van der Waals surface area (Å²) in [5.74, 6) is 0. The van der Waals surface area contributed by atoms with Crippen molar-refractivity contribution in [3.8, 4) is 26.6 Å². The van der Waals surface area contributed by atoms with E-state index in [1.54, 1.807) is 0 Å². The Hall–Kier alpha value is -5.10. The molecule has 10 rings (SSSR count). The second-order valence-corrected chi connectivity index (χ2v) is 13.0. The van der Waals surface area contributed by atoms with E-state index >= 15 is 0 Å². The molecule has 5 heteroatoms. The third-order valence-corrected chi connectivity index (χ3v) is 11.0. The highest BCUT2D eigenvalue weighted by Crippen LogP contribution is 2.47. The number of nitrogens with zero attached hydrogens (tertiary/aromatic N) is 1. The number of thiophene rings is 2. The quantitative estimate of drug-likeness (QED) is 0.206. The molecule has 3 nitrogen and oxygen atoms in total. The molecule has 0 saturated heterocycles. The minimum atomic E-state index is 0.924. The van der Waals surface area contributed by atoms with Crippen molar-refractivity contribution in [1.29, 1.82) is 0 Å². The molecular formula is C38H21NO2S2. The smallest absolute Gasteiger partial charge is 0.135 e. The van der Waals surface area contributed by atoms with Crippen LogP contribution in [0.15, 0.2) is 136 Å². The summed E-state index contributed by atoms with van der Waals surface area (Å²) < 4.78 is 17.3. The van der Waals surface area contributed by atoms with Crippen molar-refractivity contribution < 1.29 is 8.83 Å². The van der Waals surface area contributed by atoms with Gasteiger partial charge in [0, 0.05) is 37.0 Å². The van der Waals surface area contributed by atoms with Gasteiger partial charge in [-0.2, -0.15) is 0 Å². The van der Waals surface area contributed by atoms with Gasteiger partial charge in [0.05, 0.1) is 20.4 Å². The van der Waals surface area contributed by atoms with Crippen LogP contribution >= 0.6 is 22.7 Å². The molecule has 43 heavy (non-hydrogen) atoms. The highest BCUT2D eigenvalue weighted by molar-refractivity contribution is 7.30. The standard InChI is InChI=1S/C38H21NO2S2/c1-2-8-24(9-3-1)39-29-20-35(22-14-16-33-27(18-22)25-10-4-6-12-31(25)40-33)42-37(29)38-30(39)21-36(43-38)23-15-17-34-28(19-23)26-11-5-7-13-32(26)41-34/h1-21H. The molecule has 0 unspecified atom stereocenters. The zero-order valence-electron chi connectivity index (χ0n) is 22.7. The largest absolute Gasteiger partial charge is 0.456 e. The number of benzene rings is 5. The second-order valence-electron chi connectivity index (χ2n) is 10.9. The highest BCUT2D eigenvalue weighted by Gasteiger charge is 2.21. The normalized spacial score (nSPS) is 12.2. The van der Waals surface area contributed by atoms with Crippen LogP contribution in [0.25, 0.3) is 90.9 Å². The molecule has 5 aromatic carbocycles. The summed E-state index contributed by atoms with van der Waals surface area (Å²) in [6.07, 6.45) is 0. The molecule has 5 heterocycles. The van der Waals surface area contributed by atoms with E-state index in [1.165, 1.54) is 47.0 Å². The Morgan fingerprint density at radius 2 is 0.884 bits per heavy atom. The summed E-state index contributed by atoms with van der Waals surface area (Å²) in [5.41, 5.74) is 9.78. The van der Waals surface area contributed by atoms with Crippen molar-refractivity contribution in [1.82, 2.24) is 4.57 Å². The fraction of sp³-hybridized carbons (Fsp3) is 0. The molecule has 0 bridgehead atoms. The Balaban J connectivity index is 1.19. The van der Waals surface area contributed by atoms with E-state index in [2.05, 4.69) is 108 Å². The Morgan fingerprint density at radius 3 is 1.42 bits per heavy atom. The molecule has 0 radical (unpaired) electrons. The van der Waals surface area contributed by atoms with Crippen LogP contribution < -0.4 is 0 Å². The van der Waals surface area contributed by atoms with Gasteiger partial charge in [-0.15, -0.1) is 22.7 Å². The minimum Gasteiger partial charge on any atom is -0.456 e. The van der Waals surface area contributed by atoms with Crippen LogP contribution in [0.3, 0.4) is 0 Å². The first-order valence-corrected chi connectivity index (χ1v) is 15.9. The first-order chi connectivity index (χ1) is 21.3. The van der Waals surface area contributed by atoms with Crippen LogP contribution in [0, 0.1) is 0 Å². The lowest BCUT2D eigenvalue weighted by Crippen LogP contribution is -1.91. The highest BCUT2D eigenvalue weighted by atomic mass is 32.1. The molecule has 0 amide bonds. The average molecular weight is 588 g/mol. The number of hydrogen-bond donors (Lipinski definition) is 0. The van der Waals surface area contributed by atoms with Crippen LogP contribution in [0.1, 0.15) is 0 Å². The molecule has 0 aliphatic carbocycles. The van der Waals surface area contributed by atoms with Gasteiger partial charge in [-0.25, -0.2) is 0 Å². The van der Waals surface area contributed by atoms with E-state index in [0.717, 1.165) is 43.9 Å². The molecule has 0 saturated carbocycles. The summed E-state index contributed by atoms with van der Waals surface area (Å²) in [4.78, 5) is 2.51. The van der Waals surface area contributed by atoms with Crippen LogP contribution in [0.5, 0.6) is 0 Å². The Morgan fingerprint density at radius 1 is 0.419 bits per heavy atom. The van der Waals surface area contributed by atoms with Crippen molar-refractivity contribution >= 4 is 87.0 Å². The second kappa shape index (κ2) is 8.71. The Bertz CT molecular complexity index is 2510. The third kappa shape index (κ3) is 3.40. The van der Waals surface area contributed by atoms with Gasteiger partial charge in [0.2, 0.25) is 0 Å². The van der Waals surface area contributed by atoms with Crippen LogP contribution in [-0.4, -0.2) is 4.57 Å². The van der Waals surface area contributed by atoms with Crippen molar-refractivity contribution in [2.45, 2.75) is 0 Å². The number of rotatable bonds is 3. The van der Waals surface area contributed by atoms with E-state index < -0.39 is 0 Å². The average Bonchev–Trinajstić information content (AvgIpc) is 3.86. The van der Waals surface area contributed by atoms with Gasteiger partial charge in [0.25, 0.3) is 0 Å². The Labute approximate surface area is 253 Å². The molecule has 5 aromatic heterocycles. The van der Waals surface area contributed by atoms with Crippen molar-refractivity contribution in [3.63, 3.8) is 0 Å². The summed E-state index contributed by atoms with van der Waals surface area (Å²) in [7, 11) is 0. The van der Waals surface area contributed by atoms with E-state index in [1.807, 2.05) is 46.9 Å². The SMILES string of the molecule is c1ccc(-n2c3cc(-c4ccc5oc6ccccc6c5c4)sc3c3sc(-c4ccc5oc6ccccc6c5c4)cc32)cc1. The Kier molecular flexibility index (Phi) is 4.75. The van der Waals surface area contributed by atoms with Gasteiger partial charge >= 0.3 is 0 Å².